The van der Waals surface area contributed by atoms with E-state index in [1.807, 2.05) is 4.72 Å². The van der Waals surface area contributed by atoms with Crippen LogP contribution in [-0.2, 0) is 14.8 Å². The van der Waals surface area contributed by atoms with E-state index in [1.165, 1.54) is 12.3 Å². The molecule has 0 unspecified atom stereocenters. The topological polar surface area (TPSA) is 158 Å². The standard InChI is InChI=1S/C17H17N7O5S/c1-10-8-11(2)21-16(20-10)22-17(26)23-30(27,28)14-13(15(25)29-3)19-9-24(14)12-6-4-5-7-18-12/h4-9H,1-3H3,(H2,20,21,22,23,26). The molecule has 0 saturated heterocycles. The quantitative estimate of drug-likeness (QED) is 0.561. The first-order valence-corrected chi connectivity index (χ1v) is 9.92. The zero-order valence-corrected chi connectivity index (χ0v) is 17.0. The number of sulfonamides is 1. The Balaban J connectivity index is 1.97. The molecule has 0 saturated carbocycles. The van der Waals surface area contributed by atoms with Gasteiger partial charge in [0.15, 0.2) is 10.7 Å². The SMILES string of the molecule is COC(=O)c1ncn(-c2ccccn2)c1S(=O)(=O)NC(=O)Nc1nc(C)cc(C)n1. The van der Waals surface area contributed by atoms with Crippen LogP contribution in [0.15, 0.2) is 41.8 Å². The van der Waals surface area contributed by atoms with Crippen molar-refractivity contribution in [1.82, 2.24) is 29.2 Å². The number of hydrogen-bond acceptors (Lipinski definition) is 9. The molecule has 0 bridgehead atoms. The Morgan fingerprint density at radius 2 is 1.80 bits per heavy atom. The molecule has 0 radical (unpaired) electrons. The third-order valence-electron chi connectivity index (χ3n) is 3.69. The van der Waals surface area contributed by atoms with Crippen LogP contribution in [0.3, 0.4) is 0 Å². The maximum atomic E-state index is 13.0. The van der Waals surface area contributed by atoms with Gasteiger partial charge in [0.2, 0.25) is 5.95 Å². The molecule has 3 rings (SSSR count). The Kier molecular flexibility index (Phi) is 5.73. The number of carbonyl (C=O) groups excluding carboxylic acids is 2. The van der Waals surface area contributed by atoms with Gasteiger partial charge in [-0.2, -0.15) is 8.42 Å². The van der Waals surface area contributed by atoms with Crippen molar-refractivity contribution >= 4 is 28.0 Å². The summed E-state index contributed by atoms with van der Waals surface area (Å²) in [7, 11) is -3.50. The lowest BCUT2D eigenvalue weighted by molar-refractivity contribution is 0.0589. The maximum Gasteiger partial charge on any atom is 0.359 e. The number of hydrogen-bond donors (Lipinski definition) is 2. The van der Waals surface area contributed by atoms with Crippen LogP contribution in [0, 0.1) is 13.8 Å². The number of esters is 1. The Morgan fingerprint density at radius 3 is 2.40 bits per heavy atom. The third kappa shape index (κ3) is 4.41. The maximum absolute atomic E-state index is 13.0. The molecule has 12 nitrogen and oxygen atoms in total. The number of pyridine rings is 1. The van der Waals surface area contributed by atoms with Gasteiger partial charge in [0, 0.05) is 17.6 Å². The molecule has 3 heterocycles. The Morgan fingerprint density at radius 1 is 1.10 bits per heavy atom. The minimum atomic E-state index is -4.58. The van der Waals surface area contributed by atoms with Crippen LogP contribution >= 0.6 is 0 Å². The first-order chi connectivity index (χ1) is 14.2. The lowest BCUT2D eigenvalue weighted by Crippen LogP contribution is -2.36. The van der Waals surface area contributed by atoms with Gasteiger partial charge in [-0.15, -0.1) is 0 Å². The third-order valence-corrected chi connectivity index (χ3v) is 5.04. The Bertz CT molecular complexity index is 1190. The number of ether oxygens (including phenoxy) is 1. The second-order valence-corrected chi connectivity index (χ2v) is 7.58. The van der Waals surface area contributed by atoms with Crippen LogP contribution in [0.25, 0.3) is 5.82 Å². The Labute approximate surface area is 171 Å². The molecule has 0 spiro atoms. The molecule has 0 fully saturated rings. The van der Waals surface area contributed by atoms with E-state index in [-0.39, 0.29) is 11.8 Å². The van der Waals surface area contributed by atoms with Crippen molar-refractivity contribution in [3.05, 3.63) is 53.9 Å². The van der Waals surface area contributed by atoms with Gasteiger partial charge in [0.25, 0.3) is 10.0 Å². The van der Waals surface area contributed by atoms with Crippen LogP contribution in [0.5, 0.6) is 0 Å². The average Bonchev–Trinajstić information content (AvgIpc) is 3.13. The minimum absolute atomic E-state index is 0.0772. The number of carbonyl (C=O) groups is 2. The number of urea groups is 1. The minimum Gasteiger partial charge on any atom is -0.464 e. The molecule has 156 valence electrons. The van der Waals surface area contributed by atoms with E-state index in [0.717, 1.165) is 18.0 Å². The van der Waals surface area contributed by atoms with E-state index in [0.29, 0.717) is 11.4 Å². The normalized spacial score (nSPS) is 11.0. The second kappa shape index (κ2) is 8.24. The number of aryl methyl sites for hydroxylation is 2. The first-order valence-electron chi connectivity index (χ1n) is 8.44. The summed E-state index contributed by atoms with van der Waals surface area (Å²) < 4.78 is 33.4. The van der Waals surface area contributed by atoms with Crippen molar-refractivity contribution in [2.45, 2.75) is 18.9 Å². The van der Waals surface area contributed by atoms with Gasteiger partial charge in [0.05, 0.1) is 7.11 Å². The summed E-state index contributed by atoms with van der Waals surface area (Å²) in [6.07, 6.45) is 2.52. The van der Waals surface area contributed by atoms with Gasteiger partial charge in [-0.25, -0.2) is 34.2 Å². The Hall–Kier alpha value is -3.87. The molecule has 2 amide bonds. The summed E-state index contributed by atoms with van der Waals surface area (Å²) in [5, 5.41) is 1.64. The smallest absolute Gasteiger partial charge is 0.359 e. The molecule has 13 heteroatoms. The summed E-state index contributed by atoms with van der Waals surface area (Å²) in [6, 6.07) is 5.32. The molecule has 0 atom stereocenters. The van der Waals surface area contributed by atoms with Gasteiger partial charge >= 0.3 is 12.0 Å². The van der Waals surface area contributed by atoms with Crippen molar-refractivity contribution in [1.29, 1.82) is 0 Å². The summed E-state index contributed by atoms with van der Waals surface area (Å²) in [5.41, 5.74) is 0.662. The van der Waals surface area contributed by atoms with E-state index < -0.39 is 32.7 Å². The number of methoxy groups -OCH3 is 1. The predicted octanol–water partition coefficient (Wildman–Crippen LogP) is 0.971. The van der Waals surface area contributed by atoms with Crippen molar-refractivity contribution in [3.8, 4) is 5.82 Å². The highest BCUT2D eigenvalue weighted by molar-refractivity contribution is 7.90. The van der Waals surface area contributed by atoms with E-state index in [1.54, 1.807) is 32.0 Å². The van der Waals surface area contributed by atoms with Crippen LogP contribution < -0.4 is 10.0 Å². The fraction of sp³-hybridized carbons (Fsp3) is 0.176. The average molecular weight is 431 g/mol. The molecular formula is C17H17N7O5S. The zero-order valence-electron chi connectivity index (χ0n) is 16.1. The van der Waals surface area contributed by atoms with Gasteiger partial charge in [-0.05, 0) is 32.0 Å². The highest BCUT2D eigenvalue weighted by Gasteiger charge is 2.32. The highest BCUT2D eigenvalue weighted by Crippen LogP contribution is 2.19. The number of amides is 2. The van der Waals surface area contributed by atoms with E-state index in [2.05, 4.69) is 30.0 Å². The second-order valence-electron chi connectivity index (χ2n) is 5.98. The predicted molar refractivity (Wildman–Crippen MR) is 104 cm³/mol. The molecular weight excluding hydrogens is 414 g/mol. The summed E-state index contributed by atoms with van der Waals surface area (Å²) in [4.78, 5) is 40.2. The molecule has 2 N–H and O–H groups in total. The van der Waals surface area contributed by atoms with Gasteiger partial charge in [0.1, 0.15) is 12.1 Å². The zero-order chi connectivity index (χ0) is 21.9. The number of anilines is 1. The highest BCUT2D eigenvalue weighted by atomic mass is 32.2. The molecule has 0 aliphatic carbocycles. The van der Waals surface area contributed by atoms with Crippen LogP contribution in [-0.4, -0.2) is 52.0 Å². The first kappa shape index (κ1) is 20.9. The lowest BCUT2D eigenvalue weighted by Gasteiger charge is -2.11. The van der Waals surface area contributed by atoms with E-state index in [9.17, 15) is 18.0 Å². The number of aromatic nitrogens is 5. The molecule has 30 heavy (non-hydrogen) atoms. The largest absolute Gasteiger partial charge is 0.464 e. The lowest BCUT2D eigenvalue weighted by atomic mass is 10.4. The van der Waals surface area contributed by atoms with Crippen molar-refractivity contribution in [2.75, 3.05) is 12.4 Å². The van der Waals surface area contributed by atoms with Gasteiger partial charge in [-0.3, -0.25) is 9.88 Å². The fourth-order valence-electron chi connectivity index (χ4n) is 2.57. The van der Waals surface area contributed by atoms with E-state index in [4.69, 9.17) is 0 Å². The van der Waals surface area contributed by atoms with Crippen molar-refractivity contribution in [3.63, 3.8) is 0 Å². The number of nitrogens with one attached hydrogen (secondary N) is 2. The number of rotatable bonds is 5. The van der Waals surface area contributed by atoms with Crippen LogP contribution in [0.1, 0.15) is 21.9 Å². The molecule has 0 aromatic carbocycles. The molecule has 3 aromatic rings. The van der Waals surface area contributed by atoms with Gasteiger partial charge in [-0.1, -0.05) is 6.07 Å². The summed E-state index contributed by atoms with van der Waals surface area (Å²) in [5.74, 6) is -0.909. The van der Waals surface area contributed by atoms with Crippen molar-refractivity contribution < 1.29 is 22.7 Å². The molecule has 0 aliphatic rings. The summed E-state index contributed by atoms with van der Waals surface area (Å²) >= 11 is 0. The number of imidazole rings is 1. The van der Waals surface area contributed by atoms with Crippen LogP contribution in [0.2, 0.25) is 0 Å². The molecule has 3 aromatic heterocycles. The van der Waals surface area contributed by atoms with E-state index >= 15 is 0 Å². The molecule has 0 aliphatic heterocycles. The monoisotopic (exact) mass is 431 g/mol. The van der Waals surface area contributed by atoms with Gasteiger partial charge < -0.3 is 4.74 Å². The van der Waals surface area contributed by atoms with Crippen molar-refractivity contribution in [2.24, 2.45) is 0 Å². The summed E-state index contributed by atoms with van der Waals surface area (Å²) in [6.45, 7) is 3.39. The van der Waals surface area contributed by atoms with Crippen LogP contribution in [0.4, 0.5) is 10.7 Å². The fourth-order valence-corrected chi connectivity index (χ4v) is 3.75. The number of nitrogens with zero attached hydrogens (tertiary/aromatic N) is 5.